The van der Waals surface area contributed by atoms with Crippen molar-refractivity contribution < 1.29 is 0 Å². The maximum Gasteiger partial charge on any atom is 0.398 e. The van der Waals surface area contributed by atoms with Gasteiger partial charge in [0, 0.05) is 21.2 Å². The minimum atomic E-state index is 0.0872. The zero-order valence-corrected chi connectivity index (χ0v) is 13.5. The molecule has 0 saturated heterocycles. The van der Waals surface area contributed by atoms with Gasteiger partial charge >= 0.3 is 6.98 Å². The summed E-state index contributed by atoms with van der Waals surface area (Å²) in [5.74, 6) is 2.15. The molecule has 0 radical (unpaired) electrons. The first kappa shape index (κ1) is 13.5. The molecule has 0 saturated carbocycles. The van der Waals surface area contributed by atoms with E-state index in [0.29, 0.717) is 0 Å². The lowest BCUT2D eigenvalue weighted by Crippen LogP contribution is -2.35. The van der Waals surface area contributed by atoms with E-state index < -0.39 is 0 Å². The average Bonchev–Trinajstić information content (AvgIpc) is 2.55. The average molecular weight is 349 g/mol. The van der Waals surface area contributed by atoms with E-state index in [9.17, 15) is 0 Å². The van der Waals surface area contributed by atoms with Crippen LogP contribution >= 0.6 is 15.9 Å². The SMILES string of the molecule is Brc1ccc(/C=C\B2Nc3cccc4cccc(c34)N2)cc1. The third kappa shape index (κ3) is 2.50. The summed E-state index contributed by atoms with van der Waals surface area (Å²) < 4.78 is 1.10. The fraction of sp³-hybridized carbons (Fsp3) is 0. The summed E-state index contributed by atoms with van der Waals surface area (Å²) >= 11 is 3.46. The van der Waals surface area contributed by atoms with Crippen LogP contribution in [-0.4, -0.2) is 6.98 Å². The van der Waals surface area contributed by atoms with Crippen molar-refractivity contribution in [3.8, 4) is 0 Å². The Hall–Kier alpha value is -2.20. The lowest BCUT2D eigenvalue weighted by Gasteiger charge is -2.24. The number of rotatable bonds is 2. The minimum absolute atomic E-state index is 0.0872. The fourth-order valence-corrected chi connectivity index (χ4v) is 3.09. The highest BCUT2D eigenvalue weighted by molar-refractivity contribution is 9.10. The largest absolute Gasteiger partial charge is 0.405 e. The highest BCUT2D eigenvalue weighted by Crippen LogP contribution is 2.34. The summed E-state index contributed by atoms with van der Waals surface area (Å²) in [5.41, 5.74) is 3.54. The highest BCUT2D eigenvalue weighted by atomic mass is 79.9. The van der Waals surface area contributed by atoms with Crippen molar-refractivity contribution in [2.24, 2.45) is 0 Å². The third-order valence-corrected chi connectivity index (χ3v) is 4.41. The van der Waals surface area contributed by atoms with Gasteiger partial charge in [-0.25, -0.2) is 0 Å². The van der Waals surface area contributed by atoms with Crippen LogP contribution in [0.5, 0.6) is 0 Å². The molecule has 0 bridgehead atoms. The molecule has 0 aromatic heterocycles. The summed E-state index contributed by atoms with van der Waals surface area (Å²) in [4.78, 5) is 0. The Morgan fingerprint density at radius 1 is 0.818 bits per heavy atom. The van der Waals surface area contributed by atoms with Gasteiger partial charge in [0.05, 0.1) is 0 Å². The molecular weight excluding hydrogens is 335 g/mol. The summed E-state index contributed by atoms with van der Waals surface area (Å²) in [6.07, 6.45) is 2.13. The Morgan fingerprint density at radius 3 is 2.09 bits per heavy atom. The molecule has 4 rings (SSSR count). The monoisotopic (exact) mass is 348 g/mol. The molecule has 0 fully saturated rings. The van der Waals surface area contributed by atoms with Gasteiger partial charge in [-0.05, 0) is 35.2 Å². The molecule has 3 aromatic carbocycles. The molecule has 0 atom stereocenters. The lowest BCUT2D eigenvalue weighted by atomic mass is 9.73. The smallest absolute Gasteiger partial charge is 0.398 e. The van der Waals surface area contributed by atoms with Gasteiger partial charge in [-0.1, -0.05) is 64.4 Å². The number of anilines is 2. The number of hydrogen-bond acceptors (Lipinski definition) is 2. The topological polar surface area (TPSA) is 24.1 Å². The molecule has 106 valence electrons. The first-order chi connectivity index (χ1) is 10.8. The van der Waals surface area contributed by atoms with E-state index in [0.717, 1.165) is 4.47 Å². The zero-order chi connectivity index (χ0) is 14.9. The zero-order valence-electron chi connectivity index (χ0n) is 11.9. The Bertz CT molecular complexity index is 818. The van der Waals surface area contributed by atoms with Crippen molar-refractivity contribution in [1.29, 1.82) is 0 Å². The predicted octanol–water partition coefficient (Wildman–Crippen LogP) is 5.18. The van der Waals surface area contributed by atoms with Crippen molar-refractivity contribution in [3.05, 3.63) is 76.7 Å². The van der Waals surface area contributed by atoms with E-state index >= 15 is 0 Å². The van der Waals surface area contributed by atoms with Crippen molar-refractivity contribution in [1.82, 2.24) is 0 Å². The molecule has 0 amide bonds. The van der Waals surface area contributed by atoms with Crippen molar-refractivity contribution in [3.63, 3.8) is 0 Å². The molecule has 4 heteroatoms. The van der Waals surface area contributed by atoms with E-state index in [-0.39, 0.29) is 6.98 Å². The molecule has 2 nitrogen and oxygen atoms in total. The Balaban J connectivity index is 1.63. The second kappa shape index (κ2) is 5.54. The van der Waals surface area contributed by atoms with Gasteiger partial charge in [0.15, 0.2) is 0 Å². The van der Waals surface area contributed by atoms with Gasteiger partial charge in [-0.3, -0.25) is 0 Å². The quantitative estimate of drug-likeness (QED) is 0.623. The molecule has 2 N–H and O–H groups in total. The van der Waals surface area contributed by atoms with Crippen molar-refractivity contribution >= 4 is 51.1 Å². The number of nitrogens with one attached hydrogen (secondary N) is 2. The van der Waals surface area contributed by atoms with Crippen LogP contribution < -0.4 is 10.5 Å². The highest BCUT2D eigenvalue weighted by Gasteiger charge is 2.20. The van der Waals surface area contributed by atoms with Crippen LogP contribution in [0.15, 0.2) is 71.1 Å². The molecule has 0 spiro atoms. The van der Waals surface area contributed by atoms with Gasteiger partial charge in [0.2, 0.25) is 0 Å². The molecule has 1 heterocycles. The standard InChI is InChI=1S/C18H14BBrN2/c20-15-9-7-13(8-10-15)11-12-19-21-16-5-1-3-14-4-2-6-17(22-19)18(14)16/h1-12,21-22H/b12-11-. The van der Waals surface area contributed by atoms with E-state index in [1.807, 2.05) is 0 Å². The van der Waals surface area contributed by atoms with Gasteiger partial charge in [0.1, 0.15) is 0 Å². The minimum Gasteiger partial charge on any atom is -0.405 e. The van der Waals surface area contributed by atoms with Gasteiger partial charge in [-0.15, -0.1) is 0 Å². The summed E-state index contributed by atoms with van der Waals surface area (Å²) in [5, 5.41) is 9.59. The van der Waals surface area contributed by atoms with Crippen LogP contribution in [0.4, 0.5) is 11.4 Å². The summed E-state index contributed by atoms with van der Waals surface area (Å²) in [6.45, 7) is 0.0872. The first-order valence-corrected chi connectivity index (χ1v) is 8.07. The van der Waals surface area contributed by atoms with Gasteiger partial charge in [-0.2, -0.15) is 0 Å². The van der Waals surface area contributed by atoms with Gasteiger partial charge in [0.25, 0.3) is 0 Å². The van der Waals surface area contributed by atoms with E-state index in [1.165, 1.54) is 27.7 Å². The van der Waals surface area contributed by atoms with Crippen molar-refractivity contribution in [2.75, 3.05) is 10.5 Å². The second-order valence-electron chi connectivity index (χ2n) is 5.39. The van der Waals surface area contributed by atoms with Crippen LogP contribution in [0.3, 0.4) is 0 Å². The van der Waals surface area contributed by atoms with Crippen LogP contribution in [0.25, 0.3) is 16.8 Å². The molecule has 1 aliphatic heterocycles. The number of hydrogen-bond donors (Lipinski definition) is 2. The van der Waals surface area contributed by atoms with Crippen molar-refractivity contribution in [2.45, 2.75) is 0 Å². The van der Waals surface area contributed by atoms with Crippen LogP contribution in [0.2, 0.25) is 0 Å². The molecule has 0 unspecified atom stereocenters. The molecule has 1 aliphatic rings. The Kier molecular flexibility index (Phi) is 3.39. The Labute approximate surface area is 138 Å². The fourth-order valence-electron chi connectivity index (χ4n) is 2.83. The van der Waals surface area contributed by atoms with E-state index in [4.69, 9.17) is 0 Å². The maximum absolute atomic E-state index is 3.54. The number of benzene rings is 3. The first-order valence-electron chi connectivity index (χ1n) is 7.28. The molecule has 0 aliphatic carbocycles. The van der Waals surface area contributed by atoms with Crippen LogP contribution in [0, 0.1) is 0 Å². The number of halogens is 1. The van der Waals surface area contributed by atoms with E-state index in [1.54, 1.807) is 0 Å². The third-order valence-electron chi connectivity index (χ3n) is 3.88. The lowest BCUT2D eigenvalue weighted by molar-refractivity contribution is 1.60. The van der Waals surface area contributed by atoms with Gasteiger partial charge < -0.3 is 10.5 Å². The Morgan fingerprint density at radius 2 is 1.45 bits per heavy atom. The molecule has 3 aromatic rings. The summed E-state index contributed by atoms with van der Waals surface area (Å²) in [6, 6.07) is 21.0. The normalized spacial score (nSPS) is 13.2. The predicted molar refractivity (Wildman–Crippen MR) is 100 cm³/mol. The van der Waals surface area contributed by atoms with Crippen LogP contribution in [0.1, 0.15) is 5.56 Å². The summed E-state index contributed by atoms with van der Waals surface area (Å²) in [7, 11) is 0. The molecular formula is C18H14BBrN2. The second-order valence-corrected chi connectivity index (χ2v) is 6.30. The maximum atomic E-state index is 3.54. The van der Waals surface area contributed by atoms with E-state index in [2.05, 4.69) is 99.1 Å². The van der Waals surface area contributed by atoms with Crippen LogP contribution in [-0.2, 0) is 0 Å². The molecule has 22 heavy (non-hydrogen) atoms.